The minimum absolute atomic E-state index is 0.256. The molecule has 1 aliphatic carbocycles. The molecule has 9 aromatic carbocycles. The summed E-state index contributed by atoms with van der Waals surface area (Å²) in [6.07, 6.45) is 9.18. The molecule has 1 aliphatic heterocycles. The van der Waals surface area contributed by atoms with Crippen LogP contribution in [0.2, 0.25) is 0 Å². The Bertz CT molecular complexity index is 4060. The SMILES string of the molecule is C1=CC2Sc3c(cc(-c4cccc(-c5ccccc5)c4)cc3-n3c4ccccc4c4ccc5c6ccccc6n(-c6nc(-c7ccccc7)nc(-c7cccc(-c8ccccc8)c7)n6)c5c43)C2C=C1. The molecule has 0 radical (unpaired) electrons. The zero-order chi connectivity index (χ0) is 45.4. The molecule has 0 amide bonds. The zero-order valence-electron chi connectivity index (χ0n) is 37.3. The van der Waals surface area contributed by atoms with Gasteiger partial charge < -0.3 is 4.57 Å². The van der Waals surface area contributed by atoms with E-state index in [1.165, 1.54) is 49.2 Å². The quantitative estimate of drug-likeness (QED) is 0.160. The molecule has 0 bridgehead atoms. The van der Waals surface area contributed by atoms with Crippen LogP contribution in [0.4, 0.5) is 0 Å². The van der Waals surface area contributed by atoms with Crippen molar-refractivity contribution in [2.45, 2.75) is 16.1 Å². The number of para-hydroxylation sites is 2. The molecule has 12 aromatic rings. The number of fused-ring (bicyclic) bond motifs is 10. The van der Waals surface area contributed by atoms with Crippen LogP contribution in [0.3, 0.4) is 0 Å². The van der Waals surface area contributed by atoms with Gasteiger partial charge in [0.1, 0.15) is 0 Å². The molecule has 14 rings (SSSR count). The lowest BCUT2D eigenvalue weighted by atomic mass is 9.89. The largest absolute Gasteiger partial charge is 0.306 e. The topological polar surface area (TPSA) is 48.5 Å². The fourth-order valence-corrected chi connectivity index (χ4v) is 12.1. The van der Waals surface area contributed by atoms with Gasteiger partial charge in [0.2, 0.25) is 5.95 Å². The third-order valence-corrected chi connectivity index (χ3v) is 15.3. The maximum absolute atomic E-state index is 5.48. The van der Waals surface area contributed by atoms with Gasteiger partial charge in [0, 0.05) is 48.7 Å². The summed E-state index contributed by atoms with van der Waals surface area (Å²) in [5.41, 5.74) is 15.7. The van der Waals surface area contributed by atoms with Crippen LogP contribution in [0.5, 0.6) is 0 Å². The van der Waals surface area contributed by atoms with Crippen molar-refractivity contribution < 1.29 is 0 Å². The summed E-state index contributed by atoms with van der Waals surface area (Å²) in [6, 6.07) is 76.1. The van der Waals surface area contributed by atoms with E-state index in [9.17, 15) is 0 Å². The van der Waals surface area contributed by atoms with E-state index in [1.807, 2.05) is 30.0 Å². The number of benzene rings is 9. The summed E-state index contributed by atoms with van der Waals surface area (Å²) in [5, 5.41) is 4.92. The minimum Gasteiger partial charge on any atom is -0.306 e. The van der Waals surface area contributed by atoms with Gasteiger partial charge in [-0.05, 0) is 75.3 Å². The molecular formula is C63H41N5S. The molecule has 3 aromatic heterocycles. The molecule has 0 saturated carbocycles. The van der Waals surface area contributed by atoms with Crippen molar-refractivity contribution in [3.63, 3.8) is 0 Å². The van der Waals surface area contributed by atoms with Crippen molar-refractivity contribution in [1.29, 1.82) is 0 Å². The molecule has 2 atom stereocenters. The Morgan fingerprint density at radius 3 is 1.51 bits per heavy atom. The summed E-state index contributed by atoms with van der Waals surface area (Å²) in [6.45, 7) is 0. The van der Waals surface area contributed by atoms with E-state index in [4.69, 9.17) is 15.0 Å². The molecule has 324 valence electrons. The second kappa shape index (κ2) is 16.0. The Balaban J connectivity index is 1.08. The van der Waals surface area contributed by atoms with Gasteiger partial charge in [0.25, 0.3) is 0 Å². The molecule has 0 saturated heterocycles. The fourth-order valence-electron chi connectivity index (χ4n) is 10.7. The van der Waals surface area contributed by atoms with Crippen LogP contribution in [0.25, 0.3) is 111 Å². The Morgan fingerprint density at radius 2 is 0.855 bits per heavy atom. The Hall–Kier alpha value is -8.58. The highest BCUT2D eigenvalue weighted by atomic mass is 32.2. The van der Waals surface area contributed by atoms with Crippen molar-refractivity contribution >= 4 is 55.4 Å². The molecule has 0 spiro atoms. The molecule has 0 fully saturated rings. The Kier molecular flexibility index (Phi) is 9.20. The highest BCUT2D eigenvalue weighted by Gasteiger charge is 2.35. The van der Waals surface area contributed by atoms with E-state index in [-0.39, 0.29) is 5.92 Å². The number of allylic oxidation sites excluding steroid dienone is 3. The number of hydrogen-bond acceptors (Lipinski definition) is 4. The number of hydrogen-bond donors (Lipinski definition) is 0. The van der Waals surface area contributed by atoms with Crippen molar-refractivity contribution in [3.8, 4) is 67.8 Å². The molecule has 2 unspecified atom stereocenters. The van der Waals surface area contributed by atoms with Crippen LogP contribution < -0.4 is 0 Å². The average Bonchev–Trinajstić information content (AvgIpc) is 4.09. The third-order valence-electron chi connectivity index (χ3n) is 13.9. The molecule has 4 heterocycles. The molecule has 2 aliphatic rings. The summed E-state index contributed by atoms with van der Waals surface area (Å²) >= 11 is 1.98. The van der Waals surface area contributed by atoms with Gasteiger partial charge in [-0.1, -0.05) is 200 Å². The van der Waals surface area contributed by atoms with Crippen molar-refractivity contribution in [2.75, 3.05) is 0 Å². The van der Waals surface area contributed by atoms with Gasteiger partial charge in [0.05, 0.1) is 27.8 Å². The van der Waals surface area contributed by atoms with Gasteiger partial charge in [-0.25, -0.2) is 4.98 Å². The molecule has 0 N–H and O–H groups in total. The van der Waals surface area contributed by atoms with Crippen LogP contribution >= 0.6 is 11.8 Å². The second-order valence-electron chi connectivity index (χ2n) is 17.9. The Labute approximate surface area is 403 Å². The number of aromatic nitrogens is 5. The zero-order valence-corrected chi connectivity index (χ0v) is 38.1. The highest BCUT2D eigenvalue weighted by Crippen LogP contribution is 2.53. The van der Waals surface area contributed by atoms with Gasteiger partial charge >= 0.3 is 0 Å². The van der Waals surface area contributed by atoms with Crippen LogP contribution in [0.1, 0.15) is 11.5 Å². The minimum atomic E-state index is 0.256. The van der Waals surface area contributed by atoms with Gasteiger partial charge in [-0.2, -0.15) is 9.97 Å². The van der Waals surface area contributed by atoms with E-state index < -0.39 is 0 Å². The van der Waals surface area contributed by atoms with Gasteiger partial charge in [-0.3, -0.25) is 4.57 Å². The number of nitrogens with zero attached hydrogens (tertiary/aromatic N) is 5. The predicted molar refractivity (Wildman–Crippen MR) is 286 cm³/mol. The maximum atomic E-state index is 5.48. The van der Waals surface area contributed by atoms with Gasteiger partial charge in [0.15, 0.2) is 11.6 Å². The first-order chi connectivity index (χ1) is 34.2. The van der Waals surface area contributed by atoms with E-state index in [0.29, 0.717) is 22.8 Å². The van der Waals surface area contributed by atoms with Crippen LogP contribution in [-0.4, -0.2) is 29.3 Å². The first-order valence-corrected chi connectivity index (χ1v) is 24.4. The monoisotopic (exact) mass is 899 g/mol. The van der Waals surface area contributed by atoms with Crippen molar-refractivity contribution in [3.05, 3.63) is 242 Å². The molecule has 69 heavy (non-hydrogen) atoms. The van der Waals surface area contributed by atoms with Crippen molar-refractivity contribution in [1.82, 2.24) is 24.1 Å². The Morgan fingerprint density at radius 1 is 0.362 bits per heavy atom. The van der Waals surface area contributed by atoms with E-state index in [0.717, 1.165) is 55.1 Å². The highest BCUT2D eigenvalue weighted by molar-refractivity contribution is 8.00. The summed E-state index contributed by atoms with van der Waals surface area (Å²) in [5.74, 6) is 2.04. The van der Waals surface area contributed by atoms with Gasteiger partial charge in [-0.15, -0.1) is 11.8 Å². The lowest BCUT2D eigenvalue weighted by Crippen LogP contribution is -2.07. The van der Waals surface area contributed by atoms with Crippen molar-refractivity contribution in [2.24, 2.45) is 0 Å². The van der Waals surface area contributed by atoms with E-state index in [1.54, 1.807) is 0 Å². The lowest BCUT2D eigenvalue weighted by molar-refractivity contribution is 0.878. The van der Waals surface area contributed by atoms with Crippen LogP contribution in [0.15, 0.2) is 242 Å². The molecule has 5 nitrogen and oxygen atoms in total. The van der Waals surface area contributed by atoms with E-state index >= 15 is 0 Å². The molecular weight excluding hydrogens is 859 g/mol. The summed E-state index contributed by atoms with van der Waals surface area (Å²) < 4.78 is 4.85. The average molecular weight is 900 g/mol. The fraction of sp³-hybridized carbons (Fsp3) is 0.0317. The van der Waals surface area contributed by atoms with Crippen LogP contribution in [0, 0.1) is 0 Å². The lowest BCUT2D eigenvalue weighted by Gasteiger charge is -2.18. The number of rotatable bonds is 7. The summed E-state index contributed by atoms with van der Waals surface area (Å²) in [4.78, 5) is 17.4. The smallest absolute Gasteiger partial charge is 0.238 e. The standard InChI is InChI=1S/C63H41N5S/c1-4-18-40(19-5-1)43-24-16-26-45(36-43)47-38-53-50-30-12-15-33-57(50)69-60(53)56(39-47)67-54-31-13-10-28-48(54)51-34-35-52-49-29-11-14-32-55(49)68(59(52)58(51)67)63-65-61(42-22-8-3-9-23-42)64-62(66-63)46-27-17-25-44(37-46)41-20-6-2-7-21-41/h1-39,50,57H. The normalized spacial score (nSPS) is 15.1. The summed E-state index contributed by atoms with van der Waals surface area (Å²) in [7, 11) is 0. The number of thioether (sulfide) groups is 1. The maximum Gasteiger partial charge on any atom is 0.238 e. The van der Waals surface area contributed by atoms with E-state index in [2.05, 4.69) is 228 Å². The first-order valence-electron chi connectivity index (χ1n) is 23.5. The predicted octanol–water partition coefficient (Wildman–Crippen LogP) is 16.1. The molecule has 6 heteroatoms. The second-order valence-corrected chi connectivity index (χ2v) is 19.1. The third kappa shape index (κ3) is 6.51. The first kappa shape index (κ1) is 39.6. The van der Waals surface area contributed by atoms with Crippen LogP contribution in [-0.2, 0) is 0 Å².